The van der Waals surface area contributed by atoms with Crippen molar-refractivity contribution >= 4 is 105 Å². The highest BCUT2D eigenvalue weighted by molar-refractivity contribution is 6.67. The van der Waals surface area contributed by atoms with Gasteiger partial charge in [0, 0.05) is 18.7 Å². The van der Waals surface area contributed by atoms with Crippen molar-refractivity contribution in [2.45, 2.75) is 27.4 Å². The minimum atomic E-state index is -2.04. The maximum atomic E-state index is 13.6. The summed E-state index contributed by atoms with van der Waals surface area (Å²) in [4.78, 5) is 51.1. The third-order valence-electron chi connectivity index (χ3n) is 8.13. The van der Waals surface area contributed by atoms with E-state index in [2.05, 4.69) is 0 Å². The van der Waals surface area contributed by atoms with Gasteiger partial charge in [0.05, 0.1) is 33.5 Å². The predicted octanol–water partition coefficient (Wildman–Crippen LogP) is 6.04. The van der Waals surface area contributed by atoms with Gasteiger partial charge in [0.1, 0.15) is 21.3 Å². The van der Waals surface area contributed by atoms with Gasteiger partial charge >= 0.3 is 5.97 Å². The van der Waals surface area contributed by atoms with Gasteiger partial charge in [-0.3, -0.25) is 19.2 Å². The van der Waals surface area contributed by atoms with Crippen molar-refractivity contribution in [1.29, 1.82) is 0 Å². The van der Waals surface area contributed by atoms with Gasteiger partial charge in [-0.05, 0) is 55.0 Å². The van der Waals surface area contributed by atoms with E-state index in [0.717, 1.165) is 4.90 Å². The highest BCUT2D eigenvalue weighted by Crippen LogP contribution is 2.77. The summed E-state index contributed by atoms with van der Waals surface area (Å²) < 4.78 is 16.7. The molecule has 2 aliphatic carbocycles. The number of allylic oxidation sites excluding steroid dienone is 2. The molecule has 3 fully saturated rings. The zero-order chi connectivity index (χ0) is 29.8. The molecule has 7 nitrogen and oxygen atoms in total. The Morgan fingerprint density at radius 1 is 0.927 bits per heavy atom. The standard InChI is InChI=1S/C27H17Cl6FN2O5/c1-11-8-15(41-24(40)12-9-17(37)35(10-12)14-4-2-13(34)3-5-14)6-7-16(11)36-22(38)18-19(23(36)39)26(31)21(29)20(28)25(18,30)27(26,32)33/h2-8,12,18-19H,9-10H2,1H3/t12-,18-,19+,25+,26+/m0/s1. The number of esters is 1. The Kier molecular flexibility index (Phi) is 6.70. The van der Waals surface area contributed by atoms with Crippen LogP contribution < -0.4 is 14.5 Å². The number of carbonyl (C=O) groups excluding carboxylic acids is 4. The Morgan fingerprint density at radius 2 is 1.49 bits per heavy atom. The summed E-state index contributed by atoms with van der Waals surface area (Å²) >= 11 is 39.3. The molecule has 41 heavy (non-hydrogen) atoms. The molecule has 0 radical (unpaired) electrons. The van der Waals surface area contributed by atoms with Crippen LogP contribution >= 0.6 is 69.6 Å². The molecule has 0 N–H and O–H groups in total. The van der Waals surface area contributed by atoms with Gasteiger partial charge in [-0.15, -0.1) is 23.2 Å². The van der Waals surface area contributed by atoms with Crippen LogP contribution in [0.5, 0.6) is 5.75 Å². The molecule has 2 saturated heterocycles. The smallest absolute Gasteiger partial charge is 0.316 e. The number of halogens is 7. The summed E-state index contributed by atoms with van der Waals surface area (Å²) in [6.45, 7) is 1.69. The average Bonchev–Trinajstić information content (AvgIpc) is 3.50. The first-order valence-corrected chi connectivity index (χ1v) is 14.5. The normalized spacial score (nSPS) is 31.9. The third kappa shape index (κ3) is 3.71. The summed E-state index contributed by atoms with van der Waals surface area (Å²) in [7, 11) is 0. The van der Waals surface area contributed by atoms with E-state index in [4.69, 9.17) is 74.3 Å². The molecule has 4 aliphatic rings. The van der Waals surface area contributed by atoms with Crippen LogP contribution in [0.4, 0.5) is 15.8 Å². The van der Waals surface area contributed by atoms with Crippen molar-refractivity contribution in [3.63, 3.8) is 0 Å². The molecule has 3 amide bonds. The number of rotatable bonds is 4. The summed E-state index contributed by atoms with van der Waals surface area (Å²) in [5, 5.41) is -0.375. The van der Waals surface area contributed by atoms with E-state index in [-0.39, 0.29) is 40.4 Å². The van der Waals surface area contributed by atoms with Crippen LogP contribution in [0.2, 0.25) is 0 Å². The number of amides is 3. The van der Waals surface area contributed by atoms with Gasteiger partial charge in [-0.25, -0.2) is 9.29 Å². The van der Waals surface area contributed by atoms with Gasteiger partial charge in [0.25, 0.3) is 0 Å². The molecule has 0 unspecified atom stereocenters. The second kappa shape index (κ2) is 9.46. The maximum absolute atomic E-state index is 13.6. The molecule has 214 valence electrons. The zero-order valence-corrected chi connectivity index (χ0v) is 25.3. The van der Waals surface area contributed by atoms with Crippen molar-refractivity contribution in [2.75, 3.05) is 16.3 Å². The average molecular weight is 681 g/mol. The van der Waals surface area contributed by atoms with Crippen LogP contribution in [0, 0.1) is 30.5 Å². The van der Waals surface area contributed by atoms with E-state index >= 15 is 0 Å². The van der Waals surface area contributed by atoms with Gasteiger partial charge < -0.3 is 9.64 Å². The minimum Gasteiger partial charge on any atom is -0.426 e. The number of alkyl halides is 4. The minimum absolute atomic E-state index is 0.0715. The number of ether oxygens (including phenoxy) is 1. The van der Waals surface area contributed by atoms with Crippen molar-refractivity contribution < 1.29 is 28.3 Å². The fraction of sp³-hybridized carbons (Fsp3) is 0.333. The molecule has 2 aliphatic heterocycles. The van der Waals surface area contributed by atoms with Gasteiger partial charge in [-0.1, -0.05) is 46.4 Å². The van der Waals surface area contributed by atoms with Crippen LogP contribution in [-0.2, 0) is 19.2 Å². The van der Waals surface area contributed by atoms with Crippen LogP contribution in [-0.4, -0.2) is 44.3 Å². The third-order valence-corrected chi connectivity index (χ3v) is 12.4. The second-order valence-electron chi connectivity index (χ2n) is 10.3. The lowest BCUT2D eigenvalue weighted by Gasteiger charge is -2.34. The Bertz CT molecular complexity index is 1550. The lowest BCUT2D eigenvalue weighted by atomic mass is 9.84. The van der Waals surface area contributed by atoms with Gasteiger partial charge in [0.15, 0.2) is 4.33 Å². The largest absolute Gasteiger partial charge is 0.426 e. The van der Waals surface area contributed by atoms with Gasteiger partial charge in [0.2, 0.25) is 17.7 Å². The summed E-state index contributed by atoms with van der Waals surface area (Å²) in [6, 6.07) is 9.70. The summed E-state index contributed by atoms with van der Waals surface area (Å²) in [6.07, 6.45) is -0.0744. The number of benzene rings is 2. The SMILES string of the molecule is Cc1cc(OC(=O)[C@H]2CC(=O)N(c3ccc(F)cc3)C2)ccc1N1C(=O)[C@@H]2[C@H](C1=O)[C@@]1(Cl)C(Cl)=C(Cl)[C@@]2(Cl)C1(Cl)Cl. The maximum Gasteiger partial charge on any atom is 0.316 e. The van der Waals surface area contributed by atoms with Crippen LogP contribution in [0.15, 0.2) is 52.5 Å². The summed E-state index contributed by atoms with van der Waals surface area (Å²) in [5.74, 6) is -5.96. The number of nitrogens with zero attached hydrogens (tertiary/aromatic N) is 2. The van der Waals surface area contributed by atoms with E-state index in [0.29, 0.717) is 11.3 Å². The van der Waals surface area contributed by atoms with Gasteiger partial charge in [-0.2, -0.15) is 0 Å². The number of carbonyl (C=O) groups is 4. The molecule has 14 heteroatoms. The lowest BCUT2D eigenvalue weighted by molar-refractivity contribution is -0.139. The molecule has 2 aromatic carbocycles. The first kappa shape index (κ1) is 29.0. The lowest BCUT2D eigenvalue weighted by Crippen LogP contribution is -2.50. The second-order valence-corrected chi connectivity index (χ2v) is 13.6. The van der Waals surface area contributed by atoms with E-state index in [1.54, 1.807) is 6.92 Å². The van der Waals surface area contributed by atoms with E-state index in [9.17, 15) is 23.6 Å². The van der Waals surface area contributed by atoms with Crippen molar-refractivity contribution in [3.8, 4) is 5.75 Å². The van der Waals surface area contributed by atoms with Crippen molar-refractivity contribution in [1.82, 2.24) is 0 Å². The Morgan fingerprint density at radius 3 is 2.02 bits per heavy atom. The zero-order valence-electron chi connectivity index (χ0n) is 20.8. The van der Waals surface area contributed by atoms with Crippen molar-refractivity contribution in [2.24, 2.45) is 17.8 Å². The molecule has 2 aromatic rings. The van der Waals surface area contributed by atoms with E-state index < -0.39 is 55.4 Å². The molecule has 2 heterocycles. The quantitative estimate of drug-likeness (QED) is 0.170. The van der Waals surface area contributed by atoms with Crippen LogP contribution in [0.3, 0.4) is 0 Å². The van der Waals surface area contributed by atoms with E-state index in [1.807, 2.05) is 0 Å². The van der Waals surface area contributed by atoms with E-state index in [1.165, 1.54) is 47.4 Å². The Labute approximate surface area is 263 Å². The number of hydrogen-bond acceptors (Lipinski definition) is 5. The topological polar surface area (TPSA) is 84.0 Å². The molecular weight excluding hydrogens is 664 g/mol. The number of fused-ring (bicyclic) bond motifs is 5. The van der Waals surface area contributed by atoms with Crippen LogP contribution in [0.25, 0.3) is 0 Å². The molecule has 2 bridgehead atoms. The fourth-order valence-electron chi connectivity index (χ4n) is 6.11. The number of hydrogen-bond donors (Lipinski definition) is 0. The fourth-order valence-corrected chi connectivity index (χ4v) is 9.04. The molecule has 6 rings (SSSR count). The first-order chi connectivity index (χ1) is 19.2. The van der Waals surface area contributed by atoms with Crippen LogP contribution in [0.1, 0.15) is 12.0 Å². The molecule has 0 aromatic heterocycles. The molecule has 1 saturated carbocycles. The number of imide groups is 1. The highest BCUT2D eigenvalue weighted by Gasteiger charge is 2.87. The molecular formula is C27H17Cl6FN2O5. The first-order valence-electron chi connectivity index (χ1n) is 12.2. The highest BCUT2D eigenvalue weighted by atomic mass is 35.5. The number of anilines is 2. The van der Waals surface area contributed by atoms with Crippen molar-refractivity contribution in [3.05, 3.63) is 63.9 Å². The monoisotopic (exact) mass is 678 g/mol. The predicted molar refractivity (Wildman–Crippen MR) is 153 cm³/mol. The summed E-state index contributed by atoms with van der Waals surface area (Å²) in [5.41, 5.74) is 1.09. The Hall–Kier alpha value is -2.07. The molecule has 0 spiro atoms. The number of aryl methyl sites for hydroxylation is 1. The molecule has 5 atom stereocenters. The Balaban J connectivity index is 1.21.